The lowest BCUT2D eigenvalue weighted by Gasteiger charge is -2.16. The topological polar surface area (TPSA) is 29.1 Å². The minimum atomic E-state index is -4.25. The fraction of sp³-hybridized carbons (Fsp3) is 0.444. The minimum absolute atomic E-state index is 0.0738. The minimum Gasteiger partial charge on any atom is -0.330 e. The maximum atomic E-state index is 12.1. The monoisotopic (exact) mass is 205 g/mol. The van der Waals surface area contributed by atoms with E-state index in [1.807, 2.05) is 0 Å². The van der Waals surface area contributed by atoms with Gasteiger partial charge in [-0.1, -0.05) is 6.08 Å². The number of carbonyl (C=O) groups is 1. The highest BCUT2D eigenvalue weighted by Gasteiger charge is 2.33. The number of amides is 1. The highest BCUT2D eigenvalue weighted by molar-refractivity contribution is 5.75. The van der Waals surface area contributed by atoms with Crippen molar-refractivity contribution in [1.82, 2.24) is 5.32 Å². The number of rotatable bonds is 1. The van der Waals surface area contributed by atoms with Gasteiger partial charge in [-0.05, 0) is 18.9 Å². The van der Waals surface area contributed by atoms with Gasteiger partial charge in [0.2, 0.25) is 5.91 Å². The van der Waals surface area contributed by atoms with Gasteiger partial charge in [-0.25, -0.2) is 0 Å². The molecule has 1 aliphatic carbocycles. The molecule has 1 rings (SSSR count). The van der Waals surface area contributed by atoms with Crippen LogP contribution in [0, 0.1) is 0 Å². The molecule has 0 bridgehead atoms. The van der Waals surface area contributed by atoms with Crippen molar-refractivity contribution in [2.45, 2.75) is 25.9 Å². The molecule has 0 unspecified atom stereocenters. The fourth-order valence-electron chi connectivity index (χ4n) is 1.20. The third-order valence-electron chi connectivity index (χ3n) is 1.85. The first-order valence-electron chi connectivity index (χ1n) is 4.14. The molecule has 5 heteroatoms. The van der Waals surface area contributed by atoms with E-state index in [-0.39, 0.29) is 18.7 Å². The number of carbonyl (C=O) groups excluding carboxylic acids is 1. The Kier molecular flexibility index (Phi) is 2.98. The molecule has 1 amide bonds. The summed E-state index contributed by atoms with van der Waals surface area (Å²) in [5.74, 6) is -0.264. The predicted octanol–water partition coefficient (Wildman–Crippen LogP) is 2.29. The van der Waals surface area contributed by atoms with Crippen LogP contribution in [0.15, 0.2) is 23.4 Å². The number of alkyl halides is 3. The normalized spacial score (nSPS) is 17.1. The van der Waals surface area contributed by atoms with Gasteiger partial charge in [0.05, 0.1) is 0 Å². The van der Waals surface area contributed by atoms with Gasteiger partial charge in [-0.2, -0.15) is 13.2 Å². The van der Waals surface area contributed by atoms with Crippen LogP contribution in [-0.4, -0.2) is 12.1 Å². The van der Waals surface area contributed by atoms with Crippen LogP contribution in [-0.2, 0) is 4.79 Å². The van der Waals surface area contributed by atoms with Crippen LogP contribution in [0.25, 0.3) is 0 Å². The molecular formula is C9H10F3NO. The number of hydrogen-bond acceptors (Lipinski definition) is 1. The number of hydrogen-bond donors (Lipinski definition) is 1. The summed E-state index contributed by atoms with van der Waals surface area (Å²) in [5.41, 5.74) is -0.0166. The van der Waals surface area contributed by atoms with Crippen LogP contribution in [0.4, 0.5) is 13.2 Å². The molecule has 0 aliphatic heterocycles. The second-order valence-electron chi connectivity index (χ2n) is 3.06. The Labute approximate surface area is 79.5 Å². The van der Waals surface area contributed by atoms with Gasteiger partial charge in [0.1, 0.15) is 0 Å². The van der Waals surface area contributed by atoms with E-state index in [0.717, 1.165) is 6.08 Å². The van der Waals surface area contributed by atoms with E-state index in [0.29, 0.717) is 5.70 Å². The van der Waals surface area contributed by atoms with Crippen molar-refractivity contribution in [2.24, 2.45) is 0 Å². The molecule has 14 heavy (non-hydrogen) atoms. The van der Waals surface area contributed by atoms with Crippen LogP contribution in [0.2, 0.25) is 0 Å². The Morgan fingerprint density at radius 2 is 2.00 bits per heavy atom. The summed E-state index contributed by atoms with van der Waals surface area (Å²) in [6.45, 7) is 1.32. The van der Waals surface area contributed by atoms with Gasteiger partial charge >= 0.3 is 6.18 Å². The molecule has 0 atom stereocenters. The van der Waals surface area contributed by atoms with Crippen molar-refractivity contribution in [3.63, 3.8) is 0 Å². The number of nitrogens with one attached hydrogen (secondary N) is 1. The maximum Gasteiger partial charge on any atom is 0.412 e. The van der Waals surface area contributed by atoms with Crippen LogP contribution in [0.3, 0.4) is 0 Å². The van der Waals surface area contributed by atoms with Crippen molar-refractivity contribution < 1.29 is 18.0 Å². The second-order valence-corrected chi connectivity index (χ2v) is 3.06. The lowest BCUT2D eigenvalue weighted by atomic mass is 10.0. The van der Waals surface area contributed by atoms with Gasteiger partial charge in [0.25, 0.3) is 0 Å². The van der Waals surface area contributed by atoms with Gasteiger partial charge in [-0.3, -0.25) is 4.79 Å². The van der Waals surface area contributed by atoms with E-state index in [4.69, 9.17) is 0 Å². The first kappa shape index (κ1) is 10.8. The molecule has 0 aromatic rings. The zero-order valence-electron chi connectivity index (χ0n) is 7.61. The molecule has 78 valence electrons. The quantitative estimate of drug-likeness (QED) is 0.699. The van der Waals surface area contributed by atoms with E-state index < -0.39 is 11.7 Å². The lowest BCUT2D eigenvalue weighted by Crippen LogP contribution is -2.22. The summed E-state index contributed by atoms with van der Waals surface area (Å²) in [5, 5.41) is 2.46. The van der Waals surface area contributed by atoms with Gasteiger partial charge in [-0.15, -0.1) is 0 Å². The highest BCUT2D eigenvalue weighted by Crippen LogP contribution is 2.32. The van der Waals surface area contributed by atoms with E-state index in [2.05, 4.69) is 5.32 Å². The molecule has 0 aromatic heterocycles. The largest absolute Gasteiger partial charge is 0.412 e. The first-order valence-corrected chi connectivity index (χ1v) is 4.14. The summed E-state index contributed by atoms with van der Waals surface area (Å²) < 4.78 is 36.4. The van der Waals surface area contributed by atoms with Crippen LogP contribution < -0.4 is 5.32 Å². The molecule has 0 aromatic carbocycles. The summed E-state index contributed by atoms with van der Waals surface area (Å²) in [6, 6.07) is 0. The SMILES string of the molecule is CC(=O)NC1=CC=C(C(F)(F)F)CC1. The summed E-state index contributed by atoms with van der Waals surface area (Å²) in [7, 11) is 0. The molecule has 2 nitrogen and oxygen atoms in total. The average Bonchev–Trinajstić information content (AvgIpc) is 2.02. The molecule has 0 fully saturated rings. The Hall–Kier alpha value is -1.26. The zero-order chi connectivity index (χ0) is 10.8. The van der Waals surface area contributed by atoms with Gasteiger partial charge in [0, 0.05) is 18.2 Å². The second kappa shape index (κ2) is 3.86. The predicted molar refractivity (Wildman–Crippen MR) is 45.3 cm³/mol. The average molecular weight is 205 g/mol. The molecule has 0 heterocycles. The fourth-order valence-corrected chi connectivity index (χ4v) is 1.20. The standard InChI is InChI=1S/C9H10F3NO/c1-6(14)13-8-4-2-7(3-5-8)9(10,11)12/h2,4H,3,5H2,1H3,(H,13,14). The van der Waals surface area contributed by atoms with E-state index in [1.54, 1.807) is 0 Å². The Balaban J connectivity index is 2.69. The van der Waals surface area contributed by atoms with Crippen molar-refractivity contribution in [3.8, 4) is 0 Å². The molecular weight excluding hydrogens is 195 g/mol. The molecule has 0 saturated carbocycles. The molecule has 0 radical (unpaired) electrons. The Morgan fingerprint density at radius 3 is 2.36 bits per heavy atom. The van der Waals surface area contributed by atoms with Crippen LogP contribution in [0.5, 0.6) is 0 Å². The first-order chi connectivity index (χ1) is 6.39. The van der Waals surface area contributed by atoms with Crippen molar-refractivity contribution in [1.29, 1.82) is 0 Å². The van der Waals surface area contributed by atoms with Gasteiger partial charge in [0.15, 0.2) is 0 Å². The van der Waals surface area contributed by atoms with E-state index >= 15 is 0 Å². The number of allylic oxidation sites excluding steroid dienone is 4. The lowest BCUT2D eigenvalue weighted by molar-refractivity contribution is -0.118. The van der Waals surface area contributed by atoms with Crippen molar-refractivity contribution in [3.05, 3.63) is 23.4 Å². The molecule has 1 aliphatic rings. The molecule has 0 spiro atoms. The summed E-state index contributed by atoms with van der Waals surface area (Å²) >= 11 is 0. The number of halogens is 3. The summed E-state index contributed by atoms with van der Waals surface area (Å²) in [4.78, 5) is 10.6. The third kappa shape index (κ3) is 2.90. The molecule has 0 saturated heterocycles. The summed E-state index contributed by atoms with van der Waals surface area (Å²) in [6.07, 6.45) is -1.79. The Morgan fingerprint density at radius 1 is 1.36 bits per heavy atom. The maximum absolute atomic E-state index is 12.1. The Bertz CT molecular complexity index is 302. The highest BCUT2D eigenvalue weighted by atomic mass is 19.4. The molecule has 1 N–H and O–H groups in total. The van der Waals surface area contributed by atoms with Crippen molar-refractivity contribution >= 4 is 5.91 Å². The van der Waals surface area contributed by atoms with Crippen LogP contribution >= 0.6 is 0 Å². The zero-order valence-corrected chi connectivity index (χ0v) is 7.61. The van der Waals surface area contributed by atoms with E-state index in [9.17, 15) is 18.0 Å². The van der Waals surface area contributed by atoms with Crippen molar-refractivity contribution in [2.75, 3.05) is 0 Å². The van der Waals surface area contributed by atoms with Gasteiger partial charge < -0.3 is 5.32 Å². The third-order valence-corrected chi connectivity index (χ3v) is 1.85. The smallest absolute Gasteiger partial charge is 0.330 e. The van der Waals surface area contributed by atoms with Crippen LogP contribution in [0.1, 0.15) is 19.8 Å². The van der Waals surface area contributed by atoms with E-state index in [1.165, 1.54) is 13.0 Å².